The second-order valence-electron chi connectivity index (χ2n) is 5.66. The van der Waals surface area contributed by atoms with Crippen molar-refractivity contribution in [3.63, 3.8) is 0 Å². The maximum absolute atomic E-state index is 12.3. The average molecular weight is 345 g/mol. The molecule has 2 heterocycles. The van der Waals surface area contributed by atoms with Crippen LogP contribution in [0.1, 0.15) is 29.0 Å². The topological polar surface area (TPSA) is 134 Å². The van der Waals surface area contributed by atoms with Gasteiger partial charge in [-0.2, -0.15) is 0 Å². The molecule has 0 saturated heterocycles. The highest BCUT2D eigenvalue weighted by atomic mass is 16.6. The van der Waals surface area contributed by atoms with E-state index in [1.165, 1.54) is 10.9 Å². The van der Waals surface area contributed by atoms with Crippen molar-refractivity contribution in [2.45, 2.75) is 19.5 Å². The standard InChI is InChI=1S/C16H19N5O4/c1-9(10-2-3-11-12(6-10)25-5-4-24-11)20-13(22)7-21-8-19-15(17)14(21)16(18)23/h2-3,6,8-9H,4-5,7,17H2,1H3,(H2,18,23)(H,20,22). The van der Waals surface area contributed by atoms with Crippen LogP contribution in [-0.2, 0) is 11.3 Å². The molecular weight excluding hydrogens is 326 g/mol. The molecule has 0 aliphatic carbocycles. The Balaban J connectivity index is 1.68. The van der Waals surface area contributed by atoms with E-state index in [2.05, 4.69) is 10.3 Å². The van der Waals surface area contributed by atoms with Crippen molar-refractivity contribution < 1.29 is 19.1 Å². The number of carbonyl (C=O) groups excluding carboxylic acids is 2. The van der Waals surface area contributed by atoms with Crippen molar-refractivity contribution in [2.24, 2.45) is 5.73 Å². The lowest BCUT2D eigenvalue weighted by atomic mass is 10.1. The molecule has 1 aliphatic heterocycles. The van der Waals surface area contributed by atoms with Gasteiger partial charge in [0.25, 0.3) is 5.91 Å². The fourth-order valence-electron chi connectivity index (χ4n) is 2.64. The van der Waals surface area contributed by atoms with Gasteiger partial charge in [0.1, 0.15) is 19.8 Å². The van der Waals surface area contributed by atoms with E-state index in [9.17, 15) is 9.59 Å². The second kappa shape index (κ2) is 6.71. The SMILES string of the molecule is CC(NC(=O)Cn1cnc(N)c1C(N)=O)c1ccc2c(c1)OCCO2. The molecule has 0 saturated carbocycles. The number of nitrogen functional groups attached to an aromatic ring is 1. The van der Waals surface area contributed by atoms with Crippen LogP contribution in [0.3, 0.4) is 0 Å². The zero-order valence-corrected chi connectivity index (χ0v) is 13.7. The highest BCUT2D eigenvalue weighted by Crippen LogP contribution is 2.32. The van der Waals surface area contributed by atoms with Crippen LogP contribution >= 0.6 is 0 Å². The number of nitrogens with one attached hydrogen (secondary N) is 1. The first-order chi connectivity index (χ1) is 12.0. The number of rotatable bonds is 5. The summed E-state index contributed by atoms with van der Waals surface area (Å²) in [5.41, 5.74) is 11.7. The first kappa shape index (κ1) is 16.6. The fraction of sp³-hybridized carbons (Fsp3) is 0.312. The number of hydrogen-bond donors (Lipinski definition) is 3. The van der Waals surface area contributed by atoms with Crippen LogP contribution < -0.4 is 26.3 Å². The molecule has 25 heavy (non-hydrogen) atoms. The minimum absolute atomic E-state index is 0.000171. The van der Waals surface area contributed by atoms with Gasteiger partial charge in [0, 0.05) is 0 Å². The third-order valence-corrected chi connectivity index (χ3v) is 3.86. The third-order valence-electron chi connectivity index (χ3n) is 3.86. The number of hydrogen-bond acceptors (Lipinski definition) is 6. The van der Waals surface area contributed by atoms with Crippen LogP contribution in [0.5, 0.6) is 11.5 Å². The number of fused-ring (bicyclic) bond motifs is 1. The molecule has 0 spiro atoms. The molecule has 9 nitrogen and oxygen atoms in total. The molecule has 1 aliphatic rings. The summed E-state index contributed by atoms with van der Waals surface area (Å²) in [5.74, 6) is 0.307. The molecule has 9 heteroatoms. The van der Waals surface area contributed by atoms with E-state index in [4.69, 9.17) is 20.9 Å². The van der Waals surface area contributed by atoms with Crippen molar-refractivity contribution in [1.29, 1.82) is 0 Å². The fourth-order valence-corrected chi connectivity index (χ4v) is 2.64. The molecule has 0 fully saturated rings. The Labute approximate surface area is 143 Å². The molecule has 0 bridgehead atoms. The Hall–Kier alpha value is -3.23. The number of aromatic nitrogens is 2. The van der Waals surface area contributed by atoms with Crippen LogP contribution in [0.25, 0.3) is 0 Å². The lowest BCUT2D eigenvalue weighted by molar-refractivity contribution is -0.122. The Morgan fingerprint density at radius 2 is 2.04 bits per heavy atom. The van der Waals surface area contributed by atoms with Crippen LogP contribution in [0.15, 0.2) is 24.5 Å². The van der Waals surface area contributed by atoms with E-state index in [1.54, 1.807) is 0 Å². The minimum Gasteiger partial charge on any atom is -0.486 e. The Bertz CT molecular complexity index is 817. The molecule has 1 unspecified atom stereocenters. The van der Waals surface area contributed by atoms with Gasteiger partial charge >= 0.3 is 0 Å². The Morgan fingerprint density at radius 1 is 1.32 bits per heavy atom. The lowest BCUT2D eigenvalue weighted by Crippen LogP contribution is -2.31. The lowest BCUT2D eigenvalue weighted by Gasteiger charge is -2.21. The van der Waals surface area contributed by atoms with Gasteiger partial charge in [-0.3, -0.25) is 9.59 Å². The number of benzene rings is 1. The summed E-state index contributed by atoms with van der Waals surface area (Å²) in [4.78, 5) is 27.5. The number of anilines is 1. The molecule has 1 aromatic carbocycles. The third kappa shape index (κ3) is 3.49. The number of nitrogens with zero attached hydrogens (tertiary/aromatic N) is 2. The molecule has 2 amide bonds. The largest absolute Gasteiger partial charge is 0.486 e. The Kier molecular flexibility index (Phi) is 4.46. The predicted octanol–water partition coefficient (Wildman–Crippen LogP) is 0.213. The number of ether oxygens (including phenoxy) is 2. The van der Waals surface area contributed by atoms with Gasteiger partial charge in [0.15, 0.2) is 23.0 Å². The van der Waals surface area contributed by atoms with Crippen molar-refractivity contribution in [3.05, 3.63) is 35.8 Å². The molecular formula is C16H19N5O4. The first-order valence-electron chi connectivity index (χ1n) is 7.75. The zero-order chi connectivity index (χ0) is 18.0. The van der Waals surface area contributed by atoms with E-state index in [-0.39, 0.29) is 30.0 Å². The number of primary amides is 1. The Morgan fingerprint density at radius 3 is 2.76 bits per heavy atom. The summed E-state index contributed by atoms with van der Waals surface area (Å²) in [6.45, 7) is 2.75. The summed E-state index contributed by atoms with van der Waals surface area (Å²) in [6, 6.07) is 5.25. The minimum atomic E-state index is -0.734. The summed E-state index contributed by atoms with van der Waals surface area (Å²) in [5, 5.41) is 2.85. The van der Waals surface area contributed by atoms with Crippen molar-refractivity contribution >= 4 is 17.6 Å². The molecule has 1 atom stereocenters. The van der Waals surface area contributed by atoms with Crippen molar-refractivity contribution in [3.8, 4) is 11.5 Å². The van der Waals surface area contributed by atoms with Gasteiger partial charge in [-0.25, -0.2) is 4.98 Å². The maximum Gasteiger partial charge on any atom is 0.269 e. The van der Waals surface area contributed by atoms with Gasteiger partial charge in [-0.1, -0.05) is 6.07 Å². The summed E-state index contributed by atoms with van der Waals surface area (Å²) in [6.07, 6.45) is 1.31. The van der Waals surface area contributed by atoms with E-state index < -0.39 is 5.91 Å². The van der Waals surface area contributed by atoms with Gasteiger partial charge in [-0.05, 0) is 24.6 Å². The molecule has 0 radical (unpaired) electrons. The van der Waals surface area contributed by atoms with E-state index in [0.717, 1.165) is 5.56 Å². The van der Waals surface area contributed by atoms with Gasteiger partial charge in [0.2, 0.25) is 5.91 Å². The number of carbonyl (C=O) groups is 2. The molecule has 3 rings (SSSR count). The van der Waals surface area contributed by atoms with Crippen LogP contribution in [0, 0.1) is 0 Å². The molecule has 1 aromatic heterocycles. The molecule has 5 N–H and O–H groups in total. The van der Waals surface area contributed by atoms with E-state index >= 15 is 0 Å². The monoisotopic (exact) mass is 345 g/mol. The van der Waals surface area contributed by atoms with Gasteiger partial charge in [0.05, 0.1) is 12.4 Å². The zero-order valence-electron chi connectivity index (χ0n) is 13.7. The molecule has 2 aromatic rings. The molecule has 132 valence electrons. The normalized spacial score (nSPS) is 14.0. The van der Waals surface area contributed by atoms with Crippen LogP contribution in [0.4, 0.5) is 5.82 Å². The van der Waals surface area contributed by atoms with E-state index in [1.807, 2.05) is 25.1 Å². The summed E-state index contributed by atoms with van der Waals surface area (Å²) in [7, 11) is 0. The van der Waals surface area contributed by atoms with Crippen molar-refractivity contribution in [1.82, 2.24) is 14.9 Å². The average Bonchev–Trinajstić information content (AvgIpc) is 2.94. The first-order valence-corrected chi connectivity index (χ1v) is 7.75. The second-order valence-corrected chi connectivity index (χ2v) is 5.66. The summed E-state index contributed by atoms with van der Waals surface area (Å²) < 4.78 is 12.3. The number of nitrogens with two attached hydrogens (primary N) is 2. The van der Waals surface area contributed by atoms with Crippen LogP contribution in [0.2, 0.25) is 0 Å². The number of amides is 2. The number of imidazole rings is 1. The predicted molar refractivity (Wildman–Crippen MR) is 89.1 cm³/mol. The summed E-state index contributed by atoms with van der Waals surface area (Å²) >= 11 is 0. The highest BCUT2D eigenvalue weighted by Gasteiger charge is 2.18. The smallest absolute Gasteiger partial charge is 0.269 e. The quantitative estimate of drug-likeness (QED) is 0.709. The van der Waals surface area contributed by atoms with Crippen molar-refractivity contribution in [2.75, 3.05) is 18.9 Å². The van der Waals surface area contributed by atoms with E-state index in [0.29, 0.717) is 24.7 Å². The van der Waals surface area contributed by atoms with Gasteiger partial charge < -0.3 is 30.8 Å². The maximum atomic E-state index is 12.3. The van der Waals surface area contributed by atoms with Crippen LogP contribution in [-0.4, -0.2) is 34.6 Å². The van der Waals surface area contributed by atoms with Gasteiger partial charge in [-0.15, -0.1) is 0 Å². The highest BCUT2D eigenvalue weighted by molar-refractivity contribution is 5.96.